The second-order valence-corrected chi connectivity index (χ2v) is 2.77. The number of benzene rings is 1. The van der Waals surface area contributed by atoms with Crippen LogP contribution >= 0.6 is 0 Å². The molecule has 2 nitrogen and oxygen atoms in total. The van der Waals surface area contributed by atoms with Gasteiger partial charge in [-0.25, -0.2) is 9.38 Å². The van der Waals surface area contributed by atoms with E-state index in [1.54, 1.807) is 0 Å². The van der Waals surface area contributed by atoms with Crippen LogP contribution in [-0.4, -0.2) is 14.2 Å². The molecule has 1 N–H and O–H groups in total. The Labute approximate surface area is 76.6 Å². The Hall–Kier alpha value is -1.58. The minimum absolute atomic E-state index is 0.102. The number of aliphatic imine (C=N–C) groups is 1. The lowest BCUT2D eigenvalue weighted by Crippen LogP contribution is -2.16. The van der Waals surface area contributed by atoms with Gasteiger partial charge in [0.2, 0.25) is 0 Å². The summed E-state index contributed by atoms with van der Waals surface area (Å²) < 4.78 is 13.0. The first kappa shape index (κ1) is 8.04. The number of rotatable bonds is 0. The first-order chi connectivity index (χ1) is 6.18. The Morgan fingerprint density at radius 3 is 3.00 bits per heavy atom. The van der Waals surface area contributed by atoms with E-state index in [0.717, 1.165) is 0 Å². The highest BCUT2D eigenvalue weighted by molar-refractivity contribution is 6.33. The summed E-state index contributed by atoms with van der Waals surface area (Å²) in [5.74, 6) is -0.446. The molecule has 2 radical (unpaired) electrons. The van der Waals surface area contributed by atoms with Crippen molar-refractivity contribution in [2.45, 2.75) is 0 Å². The van der Waals surface area contributed by atoms with Crippen LogP contribution in [0.15, 0.2) is 23.7 Å². The number of hydrogen-bond donors (Lipinski definition) is 1. The molecule has 1 aliphatic heterocycles. The Balaban J connectivity index is 2.67. The van der Waals surface area contributed by atoms with E-state index in [0.29, 0.717) is 16.9 Å². The van der Waals surface area contributed by atoms with Crippen molar-refractivity contribution in [3.63, 3.8) is 0 Å². The van der Waals surface area contributed by atoms with Gasteiger partial charge in [0.05, 0.1) is 12.0 Å². The Morgan fingerprint density at radius 2 is 2.23 bits per heavy atom. The minimum Gasteiger partial charge on any atom is -0.346 e. The standard InChI is InChI=1S/C9H6BFN2/c1-5-6-2-8(11)7(10)3-9(6)13-4-12-5/h2-4H,1H2,(H,12,13). The van der Waals surface area contributed by atoms with E-state index in [1.807, 2.05) is 0 Å². The average molecular weight is 172 g/mol. The van der Waals surface area contributed by atoms with E-state index in [1.165, 1.54) is 18.5 Å². The SMILES string of the molecule is [B]c1cc2c(cc1F)C(=C)NC=N2. The van der Waals surface area contributed by atoms with Gasteiger partial charge in [-0.2, -0.15) is 0 Å². The molecule has 13 heavy (non-hydrogen) atoms. The third kappa shape index (κ3) is 1.24. The Morgan fingerprint density at radius 1 is 1.46 bits per heavy atom. The highest BCUT2D eigenvalue weighted by Crippen LogP contribution is 2.25. The molecule has 1 heterocycles. The second kappa shape index (κ2) is 2.73. The maximum absolute atomic E-state index is 13.0. The monoisotopic (exact) mass is 172 g/mol. The summed E-state index contributed by atoms with van der Waals surface area (Å²) in [5, 5.41) is 2.79. The minimum atomic E-state index is -0.446. The highest BCUT2D eigenvalue weighted by Gasteiger charge is 2.11. The molecule has 0 aromatic heterocycles. The first-order valence-corrected chi connectivity index (χ1v) is 3.76. The van der Waals surface area contributed by atoms with E-state index in [9.17, 15) is 4.39 Å². The summed E-state index contributed by atoms with van der Waals surface area (Å²) in [6.45, 7) is 3.72. The molecule has 1 aliphatic rings. The van der Waals surface area contributed by atoms with Crippen LogP contribution in [0.3, 0.4) is 0 Å². The molecule has 0 saturated carbocycles. The summed E-state index contributed by atoms with van der Waals surface area (Å²) in [7, 11) is 5.39. The summed E-state index contributed by atoms with van der Waals surface area (Å²) in [5.41, 5.74) is 2.02. The molecule has 0 bridgehead atoms. The van der Waals surface area contributed by atoms with Gasteiger partial charge in [0, 0.05) is 11.3 Å². The zero-order chi connectivity index (χ0) is 9.42. The lowest BCUT2D eigenvalue weighted by molar-refractivity contribution is 0.635. The van der Waals surface area contributed by atoms with Gasteiger partial charge in [0.25, 0.3) is 0 Å². The van der Waals surface area contributed by atoms with E-state index in [-0.39, 0.29) is 5.46 Å². The first-order valence-electron chi connectivity index (χ1n) is 3.76. The number of hydrogen-bond acceptors (Lipinski definition) is 2. The van der Waals surface area contributed by atoms with E-state index >= 15 is 0 Å². The molecule has 0 saturated heterocycles. The van der Waals surface area contributed by atoms with Crippen LogP contribution in [0.25, 0.3) is 5.70 Å². The molecule has 0 aliphatic carbocycles. The van der Waals surface area contributed by atoms with E-state index in [4.69, 9.17) is 7.85 Å². The number of nitrogens with zero attached hydrogens (tertiary/aromatic N) is 1. The van der Waals surface area contributed by atoms with Gasteiger partial charge >= 0.3 is 0 Å². The predicted molar refractivity (Wildman–Crippen MR) is 52.1 cm³/mol. The van der Waals surface area contributed by atoms with Crippen molar-refractivity contribution in [1.29, 1.82) is 0 Å². The molecule has 2 rings (SSSR count). The van der Waals surface area contributed by atoms with Crippen LogP contribution in [0.2, 0.25) is 0 Å². The second-order valence-electron chi connectivity index (χ2n) is 2.77. The zero-order valence-corrected chi connectivity index (χ0v) is 6.84. The number of fused-ring (bicyclic) bond motifs is 1. The van der Waals surface area contributed by atoms with Crippen LogP contribution in [0.5, 0.6) is 0 Å². The van der Waals surface area contributed by atoms with Crippen LogP contribution in [0.1, 0.15) is 5.56 Å². The fourth-order valence-electron chi connectivity index (χ4n) is 1.18. The predicted octanol–water partition coefficient (Wildman–Crippen LogP) is 0.853. The van der Waals surface area contributed by atoms with Crippen molar-refractivity contribution < 1.29 is 4.39 Å². The van der Waals surface area contributed by atoms with Crippen molar-refractivity contribution in [2.24, 2.45) is 4.99 Å². The van der Waals surface area contributed by atoms with Gasteiger partial charge in [-0.05, 0) is 12.1 Å². The van der Waals surface area contributed by atoms with Crippen LogP contribution < -0.4 is 10.8 Å². The molecule has 62 valence electrons. The molecule has 0 amide bonds. The van der Waals surface area contributed by atoms with E-state index < -0.39 is 5.82 Å². The normalized spacial score (nSPS) is 13.8. The zero-order valence-electron chi connectivity index (χ0n) is 6.84. The molecule has 1 aromatic rings. The maximum atomic E-state index is 13.0. The van der Waals surface area contributed by atoms with Crippen LogP contribution in [0, 0.1) is 5.82 Å². The highest BCUT2D eigenvalue weighted by atomic mass is 19.1. The van der Waals surface area contributed by atoms with Crippen molar-refractivity contribution in [2.75, 3.05) is 0 Å². The van der Waals surface area contributed by atoms with Gasteiger partial charge in [0.1, 0.15) is 13.7 Å². The van der Waals surface area contributed by atoms with Gasteiger partial charge < -0.3 is 5.32 Å². The van der Waals surface area contributed by atoms with Gasteiger partial charge in [-0.15, -0.1) is 0 Å². The van der Waals surface area contributed by atoms with Crippen molar-refractivity contribution in [3.05, 3.63) is 30.1 Å². The Bertz CT molecular complexity index is 412. The molecule has 1 aromatic carbocycles. The van der Waals surface area contributed by atoms with Gasteiger partial charge in [0.15, 0.2) is 0 Å². The molecular weight excluding hydrogens is 166 g/mol. The number of nitrogens with one attached hydrogen (secondary N) is 1. The molecule has 0 spiro atoms. The smallest absolute Gasteiger partial charge is 0.118 e. The summed E-state index contributed by atoms with van der Waals surface area (Å²) in [4.78, 5) is 4.00. The lowest BCUT2D eigenvalue weighted by Gasteiger charge is -2.14. The molecule has 0 unspecified atom stereocenters. The summed E-state index contributed by atoms with van der Waals surface area (Å²) >= 11 is 0. The van der Waals surface area contributed by atoms with Gasteiger partial charge in [-0.3, -0.25) is 0 Å². The average Bonchev–Trinajstić information content (AvgIpc) is 2.09. The fraction of sp³-hybridized carbons (Fsp3) is 0. The number of halogens is 1. The fourth-order valence-corrected chi connectivity index (χ4v) is 1.18. The van der Waals surface area contributed by atoms with Crippen LogP contribution in [-0.2, 0) is 0 Å². The van der Waals surface area contributed by atoms with Crippen molar-refractivity contribution >= 4 is 31.0 Å². The third-order valence-corrected chi connectivity index (χ3v) is 1.88. The Kier molecular flexibility index (Phi) is 1.69. The molecular formula is C9H6BFN2. The van der Waals surface area contributed by atoms with Gasteiger partial charge in [-0.1, -0.05) is 12.0 Å². The third-order valence-electron chi connectivity index (χ3n) is 1.88. The molecule has 0 atom stereocenters. The van der Waals surface area contributed by atoms with Crippen LogP contribution in [0.4, 0.5) is 10.1 Å². The topological polar surface area (TPSA) is 24.4 Å². The largest absolute Gasteiger partial charge is 0.346 e. The molecule has 0 fully saturated rings. The van der Waals surface area contributed by atoms with E-state index in [2.05, 4.69) is 16.9 Å². The lowest BCUT2D eigenvalue weighted by atomic mass is 9.92. The van der Waals surface area contributed by atoms with Crippen molar-refractivity contribution in [1.82, 2.24) is 5.32 Å². The summed E-state index contributed by atoms with van der Waals surface area (Å²) in [6.07, 6.45) is 1.50. The quantitative estimate of drug-likeness (QED) is 0.576. The van der Waals surface area contributed by atoms with Crippen molar-refractivity contribution in [3.8, 4) is 0 Å². The summed E-state index contributed by atoms with van der Waals surface area (Å²) in [6, 6.07) is 2.82. The molecule has 4 heteroatoms. The maximum Gasteiger partial charge on any atom is 0.118 e.